The first kappa shape index (κ1) is 19.1. The SMILES string of the molecule is CC1C(=O)OC(=O)C1C.COC(=O)C(C)C(C)C(=O)OC. The van der Waals surface area contributed by atoms with Crippen LogP contribution in [0.15, 0.2) is 0 Å². The second-order valence-corrected chi connectivity index (χ2v) is 4.94. The third-order valence-electron chi connectivity index (χ3n) is 3.59. The Labute approximate surface area is 123 Å². The highest BCUT2D eigenvalue weighted by Crippen LogP contribution is 2.21. The first-order valence-electron chi connectivity index (χ1n) is 6.58. The van der Waals surface area contributed by atoms with Gasteiger partial charge in [-0.2, -0.15) is 0 Å². The quantitative estimate of drug-likeness (QED) is 0.435. The van der Waals surface area contributed by atoms with Gasteiger partial charge >= 0.3 is 23.9 Å². The van der Waals surface area contributed by atoms with Gasteiger partial charge in [0.05, 0.1) is 37.9 Å². The fraction of sp³-hybridized carbons (Fsp3) is 0.714. The molecule has 0 N–H and O–H groups in total. The summed E-state index contributed by atoms with van der Waals surface area (Å²) in [4.78, 5) is 43.0. The van der Waals surface area contributed by atoms with Gasteiger partial charge in [-0.1, -0.05) is 27.7 Å². The zero-order valence-corrected chi connectivity index (χ0v) is 13.2. The van der Waals surface area contributed by atoms with E-state index < -0.39 is 35.7 Å². The lowest BCUT2D eigenvalue weighted by Crippen LogP contribution is -2.27. The van der Waals surface area contributed by atoms with Gasteiger partial charge in [-0.15, -0.1) is 0 Å². The maximum absolute atomic E-state index is 10.9. The van der Waals surface area contributed by atoms with Crippen LogP contribution in [0.25, 0.3) is 0 Å². The zero-order chi connectivity index (χ0) is 16.7. The molecule has 1 rings (SSSR count). The lowest BCUT2D eigenvalue weighted by Gasteiger charge is -2.14. The first-order chi connectivity index (χ1) is 9.67. The van der Waals surface area contributed by atoms with Crippen LogP contribution in [0.1, 0.15) is 27.7 Å². The summed E-state index contributed by atoms with van der Waals surface area (Å²) in [5.41, 5.74) is 0. The minimum atomic E-state index is -0.456. The normalized spacial score (nSPS) is 23.3. The Morgan fingerprint density at radius 1 is 0.905 bits per heavy atom. The van der Waals surface area contributed by atoms with E-state index >= 15 is 0 Å². The van der Waals surface area contributed by atoms with Crippen LogP contribution >= 0.6 is 0 Å². The Morgan fingerprint density at radius 3 is 1.33 bits per heavy atom. The summed E-state index contributed by atoms with van der Waals surface area (Å²) in [5, 5.41) is 0. The van der Waals surface area contributed by atoms with E-state index in [0.29, 0.717) is 0 Å². The van der Waals surface area contributed by atoms with E-state index in [0.717, 1.165) is 0 Å². The van der Waals surface area contributed by atoms with Crippen LogP contribution in [0.5, 0.6) is 0 Å². The summed E-state index contributed by atoms with van der Waals surface area (Å²) in [6.45, 7) is 6.65. The highest BCUT2D eigenvalue weighted by Gasteiger charge is 2.37. The van der Waals surface area contributed by atoms with Crippen LogP contribution in [0.4, 0.5) is 0 Å². The molecule has 0 radical (unpaired) electrons. The molecule has 0 spiro atoms. The minimum absolute atomic E-state index is 0.252. The summed E-state index contributed by atoms with van der Waals surface area (Å²) in [5.74, 6) is -3.00. The maximum Gasteiger partial charge on any atom is 0.317 e. The van der Waals surface area contributed by atoms with Crippen LogP contribution < -0.4 is 0 Å². The van der Waals surface area contributed by atoms with Crippen molar-refractivity contribution in [1.29, 1.82) is 0 Å². The average molecular weight is 302 g/mol. The Bertz CT molecular complexity index is 378. The number of carbonyl (C=O) groups excluding carboxylic acids is 4. The molecule has 21 heavy (non-hydrogen) atoms. The number of methoxy groups -OCH3 is 2. The molecule has 0 saturated carbocycles. The Hall–Kier alpha value is -1.92. The van der Waals surface area contributed by atoms with Crippen molar-refractivity contribution in [2.45, 2.75) is 27.7 Å². The van der Waals surface area contributed by atoms with Gasteiger partial charge in [-0.05, 0) is 0 Å². The van der Waals surface area contributed by atoms with Gasteiger partial charge in [0.2, 0.25) is 0 Å². The van der Waals surface area contributed by atoms with Gasteiger partial charge < -0.3 is 14.2 Å². The standard InChI is InChI=1S/C8H14O4.C6H8O3/c1-5(7(9)11-3)6(2)8(10)12-4;1-3-4(2)6(8)9-5(3)7/h5-6H,1-4H3;3-4H,1-2H3. The Kier molecular flexibility index (Phi) is 7.62. The first-order valence-corrected chi connectivity index (χ1v) is 6.58. The molecule has 1 aliphatic rings. The van der Waals surface area contributed by atoms with Crippen molar-refractivity contribution in [3.8, 4) is 0 Å². The molecule has 0 aromatic heterocycles. The van der Waals surface area contributed by atoms with E-state index in [9.17, 15) is 19.2 Å². The molecule has 1 saturated heterocycles. The number of hydrogen-bond acceptors (Lipinski definition) is 7. The van der Waals surface area contributed by atoms with Crippen molar-refractivity contribution in [1.82, 2.24) is 0 Å². The predicted molar refractivity (Wildman–Crippen MR) is 71.8 cm³/mol. The van der Waals surface area contributed by atoms with Crippen LogP contribution in [-0.4, -0.2) is 38.1 Å². The third-order valence-corrected chi connectivity index (χ3v) is 3.59. The van der Waals surface area contributed by atoms with Gasteiger partial charge in [0, 0.05) is 0 Å². The second kappa shape index (κ2) is 8.39. The van der Waals surface area contributed by atoms with Crippen LogP contribution in [-0.2, 0) is 33.4 Å². The topological polar surface area (TPSA) is 96.0 Å². The number of cyclic esters (lactones) is 2. The van der Waals surface area contributed by atoms with E-state index in [1.807, 2.05) is 0 Å². The van der Waals surface area contributed by atoms with E-state index in [1.165, 1.54) is 14.2 Å². The van der Waals surface area contributed by atoms with Crippen molar-refractivity contribution in [2.24, 2.45) is 23.7 Å². The molecule has 0 amide bonds. The number of esters is 4. The molecule has 0 aromatic carbocycles. The number of hydrogen-bond donors (Lipinski definition) is 0. The molecule has 4 atom stereocenters. The highest BCUT2D eigenvalue weighted by atomic mass is 16.6. The number of carbonyl (C=O) groups is 4. The van der Waals surface area contributed by atoms with E-state index in [2.05, 4.69) is 14.2 Å². The molecule has 1 aliphatic heterocycles. The predicted octanol–water partition coefficient (Wildman–Crippen LogP) is 0.947. The average Bonchev–Trinajstić information content (AvgIpc) is 2.70. The molecule has 7 nitrogen and oxygen atoms in total. The fourth-order valence-electron chi connectivity index (χ4n) is 1.47. The monoisotopic (exact) mass is 302 g/mol. The fourth-order valence-corrected chi connectivity index (χ4v) is 1.47. The van der Waals surface area contributed by atoms with Crippen molar-refractivity contribution in [2.75, 3.05) is 14.2 Å². The molecule has 120 valence electrons. The Morgan fingerprint density at radius 2 is 1.19 bits per heavy atom. The lowest BCUT2D eigenvalue weighted by atomic mass is 9.96. The van der Waals surface area contributed by atoms with Gasteiger partial charge in [0.15, 0.2) is 0 Å². The summed E-state index contributed by atoms with van der Waals surface area (Å²) in [6, 6.07) is 0. The van der Waals surface area contributed by atoms with Crippen LogP contribution in [0.3, 0.4) is 0 Å². The van der Waals surface area contributed by atoms with Gasteiger partial charge in [0.1, 0.15) is 0 Å². The van der Waals surface area contributed by atoms with Gasteiger partial charge in [0.25, 0.3) is 0 Å². The summed E-state index contributed by atoms with van der Waals surface area (Å²) < 4.78 is 13.3. The highest BCUT2D eigenvalue weighted by molar-refractivity contribution is 5.95. The minimum Gasteiger partial charge on any atom is -0.469 e. The molecule has 1 heterocycles. The largest absolute Gasteiger partial charge is 0.469 e. The second-order valence-electron chi connectivity index (χ2n) is 4.94. The maximum atomic E-state index is 10.9. The number of ether oxygens (including phenoxy) is 3. The molecule has 0 aliphatic carbocycles. The molecule has 0 aromatic rings. The lowest BCUT2D eigenvalue weighted by molar-refractivity contribution is -0.156. The Balaban J connectivity index is 0.000000394. The molecule has 0 bridgehead atoms. The smallest absolute Gasteiger partial charge is 0.317 e. The van der Waals surface area contributed by atoms with Crippen molar-refractivity contribution in [3.05, 3.63) is 0 Å². The zero-order valence-electron chi connectivity index (χ0n) is 13.2. The van der Waals surface area contributed by atoms with Crippen molar-refractivity contribution in [3.63, 3.8) is 0 Å². The summed E-state index contributed by atoms with van der Waals surface area (Å²) >= 11 is 0. The molecule has 4 unspecified atom stereocenters. The van der Waals surface area contributed by atoms with E-state index in [-0.39, 0.29) is 11.8 Å². The van der Waals surface area contributed by atoms with E-state index in [1.54, 1.807) is 27.7 Å². The molecule has 7 heteroatoms. The van der Waals surface area contributed by atoms with Crippen LogP contribution in [0.2, 0.25) is 0 Å². The summed E-state index contributed by atoms with van der Waals surface area (Å²) in [6.07, 6.45) is 0. The van der Waals surface area contributed by atoms with Crippen molar-refractivity contribution >= 4 is 23.9 Å². The summed E-state index contributed by atoms with van der Waals surface area (Å²) in [7, 11) is 2.59. The molecule has 1 fully saturated rings. The van der Waals surface area contributed by atoms with Crippen LogP contribution in [0, 0.1) is 23.7 Å². The van der Waals surface area contributed by atoms with Crippen molar-refractivity contribution < 1.29 is 33.4 Å². The van der Waals surface area contributed by atoms with E-state index in [4.69, 9.17) is 0 Å². The van der Waals surface area contributed by atoms with Gasteiger partial charge in [-0.3, -0.25) is 19.2 Å². The van der Waals surface area contributed by atoms with Gasteiger partial charge in [-0.25, -0.2) is 0 Å². The molecular weight excluding hydrogens is 280 g/mol. The third kappa shape index (κ3) is 5.17. The number of rotatable bonds is 3. The molecular formula is C14H22O7.